The number of rotatable bonds is 3. The third kappa shape index (κ3) is 3.04. The van der Waals surface area contributed by atoms with Crippen molar-refractivity contribution < 1.29 is 4.79 Å². The van der Waals surface area contributed by atoms with Gasteiger partial charge >= 0.3 is 0 Å². The fraction of sp³-hybridized carbons (Fsp3) is 0.143. The van der Waals surface area contributed by atoms with Gasteiger partial charge in [-0.3, -0.25) is 9.78 Å². The molecule has 0 radical (unpaired) electrons. The van der Waals surface area contributed by atoms with E-state index in [1.54, 1.807) is 12.4 Å². The number of hydrogen-bond acceptors (Lipinski definition) is 3. The molecule has 2 aromatic carbocycles. The molecule has 0 saturated heterocycles. The highest BCUT2D eigenvalue weighted by molar-refractivity contribution is 6.33. The van der Waals surface area contributed by atoms with Crippen LogP contribution in [0.4, 0.5) is 17.1 Å². The monoisotopic (exact) mass is 363 g/mol. The summed E-state index contributed by atoms with van der Waals surface area (Å²) in [5.41, 5.74) is 4.23. The van der Waals surface area contributed by atoms with Crippen molar-refractivity contribution in [1.29, 1.82) is 0 Å². The van der Waals surface area contributed by atoms with Gasteiger partial charge in [0, 0.05) is 17.9 Å². The first-order chi connectivity index (χ1) is 12.6. The van der Waals surface area contributed by atoms with E-state index in [4.69, 9.17) is 11.6 Å². The van der Waals surface area contributed by atoms with E-state index in [9.17, 15) is 4.79 Å². The minimum atomic E-state index is -0.0437. The van der Waals surface area contributed by atoms with Crippen LogP contribution in [-0.4, -0.2) is 16.9 Å². The minimum absolute atomic E-state index is 0.0437. The second kappa shape index (κ2) is 6.81. The SMILES string of the molecule is CC1Cc2ccccc2N1C(=O)c1cncc(Nc2ccccc2Cl)c1. The van der Waals surface area contributed by atoms with Gasteiger partial charge in [-0.05, 0) is 43.2 Å². The molecule has 0 aliphatic carbocycles. The summed E-state index contributed by atoms with van der Waals surface area (Å²) < 4.78 is 0. The average Bonchev–Trinajstić information content (AvgIpc) is 2.99. The third-order valence-corrected chi connectivity index (χ3v) is 4.89. The van der Waals surface area contributed by atoms with Crippen LogP contribution in [0.25, 0.3) is 0 Å². The molecule has 1 N–H and O–H groups in total. The van der Waals surface area contributed by atoms with E-state index in [2.05, 4.69) is 23.3 Å². The maximum atomic E-state index is 13.1. The van der Waals surface area contributed by atoms with Crippen LogP contribution in [0.1, 0.15) is 22.8 Å². The number of hydrogen-bond donors (Lipinski definition) is 1. The fourth-order valence-electron chi connectivity index (χ4n) is 3.36. The number of halogens is 1. The Morgan fingerprint density at radius 1 is 1.15 bits per heavy atom. The van der Waals surface area contributed by atoms with Crippen molar-refractivity contribution in [3.05, 3.63) is 83.1 Å². The van der Waals surface area contributed by atoms with Crippen LogP contribution in [0.15, 0.2) is 67.0 Å². The standard InChI is InChI=1S/C21H18ClN3O/c1-14-10-15-6-2-5-9-20(15)25(14)21(26)16-11-17(13-23-12-16)24-19-8-4-3-7-18(19)22/h2-9,11-14,24H,10H2,1H3. The molecule has 1 atom stereocenters. The summed E-state index contributed by atoms with van der Waals surface area (Å²) in [4.78, 5) is 19.2. The van der Waals surface area contributed by atoms with Crippen LogP contribution in [0, 0.1) is 0 Å². The lowest BCUT2D eigenvalue weighted by molar-refractivity contribution is 0.0981. The van der Waals surface area contributed by atoms with Crippen molar-refractivity contribution in [1.82, 2.24) is 4.98 Å². The number of carbonyl (C=O) groups is 1. The van der Waals surface area contributed by atoms with E-state index < -0.39 is 0 Å². The molecule has 0 spiro atoms. The van der Waals surface area contributed by atoms with Gasteiger partial charge in [0.25, 0.3) is 5.91 Å². The highest BCUT2D eigenvalue weighted by Gasteiger charge is 2.31. The van der Waals surface area contributed by atoms with E-state index >= 15 is 0 Å². The number of benzene rings is 2. The number of fused-ring (bicyclic) bond motifs is 1. The van der Waals surface area contributed by atoms with Crippen LogP contribution in [-0.2, 0) is 6.42 Å². The Labute approximate surface area is 157 Å². The fourth-order valence-corrected chi connectivity index (χ4v) is 3.54. The van der Waals surface area contributed by atoms with Gasteiger partial charge in [-0.15, -0.1) is 0 Å². The van der Waals surface area contributed by atoms with Gasteiger partial charge in [0.1, 0.15) is 0 Å². The predicted molar refractivity (Wildman–Crippen MR) is 105 cm³/mol. The molecule has 1 aliphatic heterocycles. The Balaban J connectivity index is 1.63. The van der Waals surface area contributed by atoms with Crippen LogP contribution in [0.5, 0.6) is 0 Å². The van der Waals surface area contributed by atoms with Gasteiger partial charge < -0.3 is 10.2 Å². The number of carbonyl (C=O) groups excluding carboxylic acids is 1. The average molecular weight is 364 g/mol. The molecule has 1 aliphatic rings. The topological polar surface area (TPSA) is 45.2 Å². The quantitative estimate of drug-likeness (QED) is 0.706. The molecular formula is C21H18ClN3O. The molecule has 1 unspecified atom stereocenters. The molecule has 3 aromatic rings. The van der Waals surface area contributed by atoms with Crippen molar-refractivity contribution in [3.8, 4) is 0 Å². The molecule has 26 heavy (non-hydrogen) atoms. The second-order valence-electron chi connectivity index (χ2n) is 6.42. The maximum Gasteiger partial charge on any atom is 0.260 e. The smallest absolute Gasteiger partial charge is 0.260 e. The molecular weight excluding hydrogens is 346 g/mol. The van der Waals surface area contributed by atoms with E-state index in [1.807, 2.05) is 53.4 Å². The molecule has 0 bridgehead atoms. The van der Waals surface area contributed by atoms with Gasteiger partial charge in [0.15, 0.2) is 0 Å². The maximum absolute atomic E-state index is 13.1. The van der Waals surface area contributed by atoms with Crippen LogP contribution < -0.4 is 10.2 Å². The van der Waals surface area contributed by atoms with Gasteiger partial charge in [0.05, 0.1) is 28.2 Å². The highest BCUT2D eigenvalue weighted by atomic mass is 35.5. The van der Waals surface area contributed by atoms with Crippen molar-refractivity contribution >= 4 is 34.6 Å². The number of amides is 1. The van der Waals surface area contributed by atoms with Gasteiger partial charge in [-0.1, -0.05) is 41.9 Å². The van der Waals surface area contributed by atoms with Crippen molar-refractivity contribution in [2.24, 2.45) is 0 Å². The first kappa shape index (κ1) is 16.6. The zero-order chi connectivity index (χ0) is 18.1. The second-order valence-corrected chi connectivity index (χ2v) is 6.83. The largest absolute Gasteiger partial charge is 0.353 e. The predicted octanol–water partition coefficient (Wildman–Crippen LogP) is 5.07. The number of aromatic nitrogens is 1. The molecule has 1 aromatic heterocycles. The minimum Gasteiger partial charge on any atom is -0.353 e. The molecule has 0 fully saturated rings. The lowest BCUT2D eigenvalue weighted by Crippen LogP contribution is -2.35. The molecule has 130 valence electrons. The summed E-state index contributed by atoms with van der Waals surface area (Å²) in [6, 6.07) is 17.5. The Kier molecular flexibility index (Phi) is 4.35. The molecule has 1 amide bonds. The van der Waals surface area contributed by atoms with Crippen molar-refractivity contribution in [2.45, 2.75) is 19.4 Å². The molecule has 4 rings (SSSR count). The van der Waals surface area contributed by atoms with E-state index in [0.717, 1.165) is 23.5 Å². The zero-order valence-electron chi connectivity index (χ0n) is 14.3. The summed E-state index contributed by atoms with van der Waals surface area (Å²) in [7, 11) is 0. The first-order valence-electron chi connectivity index (χ1n) is 8.51. The Morgan fingerprint density at radius 3 is 2.77 bits per heavy atom. The Bertz CT molecular complexity index is 973. The zero-order valence-corrected chi connectivity index (χ0v) is 15.1. The number of pyridine rings is 1. The normalized spacial score (nSPS) is 15.6. The number of para-hydroxylation sites is 2. The van der Waals surface area contributed by atoms with Crippen LogP contribution >= 0.6 is 11.6 Å². The third-order valence-electron chi connectivity index (χ3n) is 4.56. The van der Waals surface area contributed by atoms with Crippen molar-refractivity contribution in [2.75, 3.05) is 10.2 Å². The van der Waals surface area contributed by atoms with Crippen LogP contribution in [0.3, 0.4) is 0 Å². The summed E-state index contributed by atoms with van der Waals surface area (Å²) in [5, 5.41) is 3.84. The number of anilines is 3. The van der Waals surface area contributed by atoms with Gasteiger partial charge in [0.2, 0.25) is 0 Å². The van der Waals surface area contributed by atoms with Crippen LogP contribution in [0.2, 0.25) is 5.02 Å². The lowest BCUT2D eigenvalue weighted by Gasteiger charge is -2.23. The first-order valence-corrected chi connectivity index (χ1v) is 8.89. The molecule has 0 saturated carbocycles. The molecule has 2 heterocycles. The van der Waals surface area contributed by atoms with E-state index in [0.29, 0.717) is 10.6 Å². The highest BCUT2D eigenvalue weighted by Crippen LogP contribution is 2.33. The molecule has 5 heteroatoms. The summed E-state index contributed by atoms with van der Waals surface area (Å²) in [6.45, 7) is 2.07. The van der Waals surface area contributed by atoms with Gasteiger partial charge in [-0.2, -0.15) is 0 Å². The summed E-state index contributed by atoms with van der Waals surface area (Å²) in [6.07, 6.45) is 4.15. The van der Waals surface area contributed by atoms with Gasteiger partial charge in [-0.25, -0.2) is 0 Å². The summed E-state index contributed by atoms with van der Waals surface area (Å²) >= 11 is 6.20. The Hall–Kier alpha value is -2.85. The Morgan fingerprint density at radius 2 is 1.92 bits per heavy atom. The van der Waals surface area contributed by atoms with E-state index in [1.165, 1.54) is 5.56 Å². The summed E-state index contributed by atoms with van der Waals surface area (Å²) in [5.74, 6) is -0.0437. The number of nitrogens with zero attached hydrogens (tertiary/aromatic N) is 2. The molecule has 4 nitrogen and oxygen atoms in total. The lowest BCUT2D eigenvalue weighted by atomic mass is 10.1. The van der Waals surface area contributed by atoms with E-state index in [-0.39, 0.29) is 11.9 Å². The van der Waals surface area contributed by atoms with Crippen molar-refractivity contribution in [3.63, 3.8) is 0 Å². The number of nitrogens with one attached hydrogen (secondary N) is 1.